The number of hydrogen-bond donors (Lipinski definition) is 1. The van der Waals surface area contributed by atoms with Crippen molar-refractivity contribution in [2.24, 2.45) is 0 Å². The van der Waals surface area contributed by atoms with Gasteiger partial charge in [-0.15, -0.1) is 0 Å². The van der Waals surface area contributed by atoms with Crippen molar-refractivity contribution in [2.75, 3.05) is 20.2 Å². The molecule has 0 radical (unpaired) electrons. The summed E-state index contributed by atoms with van der Waals surface area (Å²) in [5.74, 6) is -0.772. The quantitative estimate of drug-likeness (QED) is 0.747. The van der Waals surface area contributed by atoms with Crippen LogP contribution in [0.1, 0.15) is 29.8 Å². The molecule has 1 amide bonds. The molecule has 146 valence electrons. The zero-order chi connectivity index (χ0) is 20.0. The minimum atomic E-state index is -3.78. The molecule has 0 atom stereocenters. The summed E-state index contributed by atoms with van der Waals surface area (Å²) in [7, 11) is -2.22. The van der Waals surface area contributed by atoms with Crippen molar-refractivity contribution in [1.82, 2.24) is 9.62 Å². The average Bonchev–Trinajstić information content (AvgIpc) is 2.67. The lowest BCUT2D eigenvalue weighted by Gasteiger charge is -2.19. The molecule has 0 saturated carbocycles. The first-order valence-electron chi connectivity index (χ1n) is 8.54. The van der Waals surface area contributed by atoms with Crippen LogP contribution in [-0.2, 0) is 16.6 Å². The summed E-state index contributed by atoms with van der Waals surface area (Å²) in [5.41, 5.74) is 0.494. The molecular weight excluding hydrogens is 371 g/mol. The Bertz CT molecular complexity index is 894. The second-order valence-corrected chi connectivity index (χ2v) is 7.70. The predicted molar refractivity (Wildman–Crippen MR) is 101 cm³/mol. The zero-order valence-corrected chi connectivity index (χ0v) is 16.3. The van der Waals surface area contributed by atoms with E-state index in [0.29, 0.717) is 5.75 Å². The molecule has 2 aromatic rings. The minimum Gasteiger partial charge on any atom is -0.497 e. The summed E-state index contributed by atoms with van der Waals surface area (Å²) in [6.45, 7) is 4.18. The Labute approximate surface area is 159 Å². The maximum absolute atomic E-state index is 14.1. The largest absolute Gasteiger partial charge is 0.497 e. The van der Waals surface area contributed by atoms with Crippen LogP contribution in [0.3, 0.4) is 0 Å². The molecule has 2 rings (SSSR count). The Morgan fingerprint density at radius 2 is 1.74 bits per heavy atom. The maximum atomic E-state index is 14.1. The Kier molecular flexibility index (Phi) is 6.92. The van der Waals surface area contributed by atoms with E-state index in [1.165, 1.54) is 10.4 Å². The third kappa shape index (κ3) is 4.84. The molecule has 0 saturated heterocycles. The van der Waals surface area contributed by atoms with E-state index in [0.717, 1.165) is 17.7 Å². The number of nitrogens with zero attached hydrogens (tertiary/aromatic N) is 1. The van der Waals surface area contributed by atoms with Gasteiger partial charge in [0.25, 0.3) is 5.91 Å². The molecule has 0 aliphatic carbocycles. The van der Waals surface area contributed by atoms with Gasteiger partial charge in [0.1, 0.15) is 11.6 Å². The summed E-state index contributed by atoms with van der Waals surface area (Å²) in [6, 6.07) is 10.3. The molecular formula is C19H23FN2O4S. The Morgan fingerprint density at radius 3 is 2.30 bits per heavy atom. The van der Waals surface area contributed by atoms with E-state index in [4.69, 9.17) is 4.74 Å². The zero-order valence-electron chi connectivity index (χ0n) is 15.5. The van der Waals surface area contributed by atoms with Crippen LogP contribution in [0.2, 0.25) is 0 Å². The number of amides is 1. The number of carbonyl (C=O) groups excluding carboxylic acids is 1. The molecule has 1 N–H and O–H groups in total. The van der Waals surface area contributed by atoms with Gasteiger partial charge in [-0.05, 0) is 35.9 Å². The second kappa shape index (κ2) is 8.96. The van der Waals surface area contributed by atoms with Crippen LogP contribution >= 0.6 is 0 Å². The highest BCUT2D eigenvalue weighted by atomic mass is 32.2. The van der Waals surface area contributed by atoms with Crippen LogP contribution in [-0.4, -0.2) is 38.8 Å². The van der Waals surface area contributed by atoms with Gasteiger partial charge in [0.2, 0.25) is 10.0 Å². The van der Waals surface area contributed by atoms with E-state index in [2.05, 4.69) is 5.32 Å². The van der Waals surface area contributed by atoms with E-state index in [1.807, 2.05) is 0 Å². The van der Waals surface area contributed by atoms with Gasteiger partial charge < -0.3 is 10.1 Å². The van der Waals surface area contributed by atoms with Crippen molar-refractivity contribution in [3.05, 3.63) is 59.4 Å². The summed E-state index contributed by atoms with van der Waals surface area (Å²) in [4.78, 5) is 12.3. The highest BCUT2D eigenvalue weighted by Gasteiger charge is 2.24. The van der Waals surface area contributed by atoms with E-state index in [1.54, 1.807) is 45.2 Å². The number of rotatable bonds is 8. The Hall–Kier alpha value is -2.45. The van der Waals surface area contributed by atoms with Crippen LogP contribution in [0.15, 0.2) is 47.4 Å². The number of methoxy groups -OCH3 is 1. The van der Waals surface area contributed by atoms with Gasteiger partial charge in [0.15, 0.2) is 0 Å². The van der Waals surface area contributed by atoms with Gasteiger partial charge in [0, 0.05) is 19.6 Å². The molecule has 2 aromatic carbocycles. The molecule has 0 aliphatic rings. The predicted octanol–water partition coefficient (Wildman–Crippen LogP) is 2.79. The van der Waals surface area contributed by atoms with Crippen molar-refractivity contribution in [3.63, 3.8) is 0 Å². The van der Waals surface area contributed by atoms with Crippen LogP contribution in [0, 0.1) is 5.82 Å². The number of nitrogens with one attached hydrogen (secondary N) is 1. The smallest absolute Gasteiger partial charge is 0.254 e. The second-order valence-electron chi connectivity index (χ2n) is 5.76. The molecule has 0 fully saturated rings. The standard InChI is InChI=1S/C19H23FN2O4S/c1-4-22(5-2)27(24,25)16-10-11-18(20)17(12-16)19(23)21-13-14-6-8-15(26-3)9-7-14/h6-12H,4-5,13H2,1-3H3,(H,21,23). The molecule has 8 heteroatoms. The molecule has 0 aromatic heterocycles. The third-order valence-corrected chi connectivity index (χ3v) is 6.18. The fourth-order valence-corrected chi connectivity index (χ4v) is 4.06. The third-order valence-electron chi connectivity index (χ3n) is 4.14. The number of hydrogen-bond acceptors (Lipinski definition) is 4. The molecule has 0 spiro atoms. The van der Waals surface area contributed by atoms with Crippen molar-refractivity contribution in [2.45, 2.75) is 25.3 Å². The molecule has 0 bridgehead atoms. The van der Waals surface area contributed by atoms with Crippen LogP contribution in [0.5, 0.6) is 5.75 Å². The van der Waals surface area contributed by atoms with E-state index in [-0.39, 0.29) is 30.1 Å². The van der Waals surface area contributed by atoms with Gasteiger partial charge in [0.05, 0.1) is 17.6 Å². The van der Waals surface area contributed by atoms with Gasteiger partial charge in [-0.3, -0.25) is 4.79 Å². The fraction of sp³-hybridized carbons (Fsp3) is 0.316. The summed E-state index contributed by atoms with van der Waals surface area (Å²) < 4.78 is 45.6. The molecule has 27 heavy (non-hydrogen) atoms. The van der Waals surface area contributed by atoms with Crippen molar-refractivity contribution in [1.29, 1.82) is 0 Å². The first-order chi connectivity index (χ1) is 12.8. The van der Waals surface area contributed by atoms with Crippen molar-refractivity contribution in [3.8, 4) is 5.75 Å². The summed E-state index contributed by atoms with van der Waals surface area (Å²) in [5, 5.41) is 2.60. The van der Waals surface area contributed by atoms with Crippen molar-refractivity contribution < 1.29 is 22.3 Å². The van der Waals surface area contributed by atoms with Gasteiger partial charge >= 0.3 is 0 Å². The van der Waals surface area contributed by atoms with Crippen LogP contribution < -0.4 is 10.1 Å². The SMILES string of the molecule is CCN(CC)S(=O)(=O)c1ccc(F)c(C(=O)NCc2ccc(OC)cc2)c1. The van der Waals surface area contributed by atoms with Crippen molar-refractivity contribution >= 4 is 15.9 Å². The maximum Gasteiger partial charge on any atom is 0.254 e. The van der Waals surface area contributed by atoms with E-state index in [9.17, 15) is 17.6 Å². The molecule has 0 heterocycles. The van der Waals surface area contributed by atoms with E-state index < -0.39 is 21.7 Å². The summed E-state index contributed by atoms with van der Waals surface area (Å²) >= 11 is 0. The Morgan fingerprint density at radius 1 is 1.11 bits per heavy atom. The normalized spacial score (nSPS) is 11.4. The van der Waals surface area contributed by atoms with Crippen LogP contribution in [0.4, 0.5) is 4.39 Å². The number of sulfonamides is 1. The molecule has 0 unspecified atom stereocenters. The van der Waals surface area contributed by atoms with Gasteiger partial charge in [-0.25, -0.2) is 12.8 Å². The number of carbonyl (C=O) groups is 1. The minimum absolute atomic E-state index is 0.109. The van der Waals surface area contributed by atoms with Crippen LogP contribution in [0.25, 0.3) is 0 Å². The lowest BCUT2D eigenvalue weighted by Crippen LogP contribution is -2.31. The number of benzene rings is 2. The van der Waals surface area contributed by atoms with Gasteiger partial charge in [-0.2, -0.15) is 4.31 Å². The number of halogens is 1. The number of ether oxygens (including phenoxy) is 1. The topological polar surface area (TPSA) is 75.7 Å². The van der Waals surface area contributed by atoms with E-state index >= 15 is 0 Å². The molecule has 0 aliphatic heterocycles. The molecule has 6 nitrogen and oxygen atoms in total. The monoisotopic (exact) mass is 394 g/mol. The highest BCUT2D eigenvalue weighted by molar-refractivity contribution is 7.89. The fourth-order valence-electron chi connectivity index (χ4n) is 2.57. The Balaban J connectivity index is 2.20. The first kappa shape index (κ1) is 20.9. The lowest BCUT2D eigenvalue weighted by atomic mass is 10.1. The summed E-state index contributed by atoms with van der Waals surface area (Å²) in [6.07, 6.45) is 0. The first-order valence-corrected chi connectivity index (χ1v) is 9.98. The van der Waals surface area contributed by atoms with Gasteiger partial charge in [-0.1, -0.05) is 26.0 Å². The lowest BCUT2D eigenvalue weighted by molar-refractivity contribution is 0.0946. The average molecular weight is 394 g/mol. The highest BCUT2D eigenvalue weighted by Crippen LogP contribution is 2.19.